The zero-order chi connectivity index (χ0) is 23.4. The van der Waals surface area contributed by atoms with Crippen molar-refractivity contribution in [2.24, 2.45) is 0 Å². The minimum absolute atomic E-state index is 0.0395. The lowest BCUT2D eigenvalue weighted by molar-refractivity contribution is -0.275. The van der Waals surface area contributed by atoms with Crippen LogP contribution in [0, 0.1) is 0 Å². The van der Waals surface area contributed by atoms with E-state index in [1.165, 1.54) is 23.7 Å². The predicted molar refractivity (Wildman–Crippen MR) is 110 cm³/mol. The van der Waals surface area contributed by atoms with Crippen LogP contribution in [0.3, 0.4) is 0 Å². The molecule has 0 radical (unpaired) electrons. The van der Waals surface area contributed by atoms with Gasteiger partial charge in [-0.05, 0) is 29.8 Å². The normalized spacial score (nSPS) is 15.7. The number of piperazine rings is 1. The summed E-state index contributed by atoms with van der Waals surface area (Å²) in [5.41, 5.74) is 2.92. The third-order valence-electron chi connectivity index (χ3n) is 4.73. The van der Waals surface area contributed by atoms with E-state index in [2.05, 4.69) is 4.74 Å². The number of para-hydroxylation sites is 2. The summed E-state index contributed by atoms with van der Waals surface area (Å²) in [5, 5.41) is 8.62. The van der Waals surface area contributed by atoms with Crippen LogP contribution in [-0.2, 0) is 14.8 Å². The molecule has 172 valence electrons. The van der Waals surface area contributed by atoms with Gasteiger partial charge < -0.3 is 9.64 Å². The topological polar surface area (TPSA) is 99.2 Å². The highest BCUT2D eigenvalue weighted by Gasteiger charge is 2.36. The molecule has 0 unspecified atom stereocenters. The first kappa shape index (κ1) is 23.6. The minimum Gasteiger partial charge on any atom is -0.404 e. The Kier molecular flexibility index (Phi) is 7.06. The molecule has 1 aliphatic heterocycles. The van der Waals surface area contributed by atoms with Gasteiger partial charge in [0.2, 0.25) is 10.0 Å². The fourth-order valence-electron chi connectivity index (χ4n) is 3.30. The number of nitrogens with one attached hydrogen (secondary N) is 1. The highest BCUT2D eigenvalue weighted by atomic mass is 32.2. The van der Waals surface area contributed by atoms with Gasteiger partial charge in [0, 0.05) is 37.9 Å². The van der Waals surface area contributed by atoms with Crippen LogP contribution in [0.5, 0.6) is 5.75 Å². The molecule has 0 atom stereocenters. The van der Waals surface area contributed by atoms with Gasteiger partial charge >= 0.3 is 6.36 Å². The second-order valence-electron chi connectivity index (χ2n) is 6.75. The van der Waals surface area contributed by atoms with E-state index in [4.69, 9.17) is 5.21 Å². The van der Waals surface area contributed by atoms with E-state index < -0.39 is 32.9 Å². The van der Waals surface area contributed by atoms with E-state index in [1.54, 1.807) is 24.3 Å². The smallest absolute Gasteiger partial charge is 0.404 e. The van der Waals surface area contributed by atoms with Crippen LogP contribution < -0.4 is 15.1 Å². The van der Waals surface area contributed by atoms with Crippen molar-refractivity contribution in [3.63, 3.8) is 0 Å². The van der Waals surface area contributed by atoms with Crippen LogP contribution in [-0.4, -0.2) is 56.4 Å². The van der Waals surface area contributed by atoms with Crippen LogP contribution in [0.2, 0.25) is 0 Å². The molecule has 12 heteroatoms. The number of halogens is 3. The number of ether oxygens (including phenoxy) is 1. The molecule has 1 fully saturated rings. The molecule has 8 nitrogen and oxygen atoms in total. The summed E-state index contributed by atoms with van der Waals surface area (Å²) in [4.78, 5) is 12.6. The lowest BCUT2D eigenvalue weighted by atomic mass is 10.1. The summed E-state index contributed by atoms with van der Waals surface area (Å²) >= 11 is 0. The van der Waals surface area contributed by atoms with Gasteiger partial charge in [0.05, 0.1) is 0 Å². The maximum Gasteiger partial charge on any atom is 0.573 e. The monoisotopic (exact) mass is 471 g/mol. The molecule has 0 spiro atoms. The first-order chi connectivity index (χ1) is 15.1. The SMILES string of the molecule is O=C(/C=C/c1ccccc1N1CCN(S(=O)(=O)c2ccccc2OC(F)(F)F)CC1)NO. The van der Waals surface area contributed by atoms with E-state index in [1.807, 2.05) is 4.90 Å². The van der Waals surface area contributed by atoms with Gasteiger partial charge in [-0.25, -0.2) is 13.9 Å². The van der Waals surface area contributed by atoms with Crippen molar-refractivity contribution in [1.29, 1.82) is 0 Å². The van der Waals surface area contributed by atoms with Crippen molar-refractivity contribution in [2.75, 3.05) is 31.1 Å². The Bertz CT molecular complexity index is 1100. The van der Waals surface area contributed by atoms with Crippen LogP contribution in [0.4, 0.5) is 18.9 Å². The summed E-state index contributed by atoms with van der Waals surface area (Å²) in [6.07, 6.45) is -2.36. The average Bonchev–Trinajstić information content (AvgIpc) is 2.77. The second kappa shape index (κ2) is 9.59. The largest absolute Gasteiger partial charge is 0.573 e. The van der Waals surface area contributed by atoms with Crippen LogP contribution in [0.15, 0.2) is 59.5 Å². The zero-order valence-electron chi connectivity index (χ0n) is 16.6. The highest BCUT2D eigenvalue weighted by Crippen LogP contribution is 2.32. The zero-order valence-corrected chi connectivity index (χ0v) is 17.4. The Morgan fingerprint density at radius 2 is 1.66 bits per heavy atom. The van der Waals surface area contributed by atoms with Gasteiger partial charge in [0.15, 0.2) is 0 Å². The molecule has 2 N–H and O–H groups in total. The summed E-state index contributed by atoms with van der Waals surface area (Å²) in [5.74, 6) is -1.48. The Labute approximate surface area is 182 Å². The summed E-state index contributed by atoms with van der Waals surface area (Å²) in [6.45, 7) is 0.632. The number of hydroxylamine groups is 1. The molecule has 0 aliphatic carbocycles. The lowest BCUT2D eigenvalue weighted by Gasteiger charge is -2.36. The standard InChI is InChI=1S/C20H20F3N3O5S/c21-20(22,23)31-17-7-3-4-8-18(17)32(29,30)26-13-11-25(12-14-26)16-6-2-1-5-15(16)9-10-19(27)24-28/h1-10,28H,11-14H2,(H,24,27)/b10-9+. The molecule has 0 bridgehead atoms. The Morgan fingerprint density at radius 3 is 2.31 bits per heavy atom. The van der Waals surface area contributed by atoms with Gasteiger partial charge in [-0.2, -0.15) is 4.31 Å². The molecule has 2 aromatic carbocycles. The average molecular weight is 471 g/mol. The van der Waals surface area contributed by atoms with E-state index in [0.717, 1.165) is 28.2 Å². The van der Waals surface area contributed by atoms with Crippen LogP contribution in [0.25, 0.3) is 6.08 Å². The molecule has 0 saturated carbocycles. The molecular weight excluding hydrogens is 451 g/mol. The van der Waals surface area contributed by atoms with E-state index in [0.29, 0.717) is 5.56 Å². The first-order valence-electron chi connectivity index (χ1n) is 9.43. The number of sulfonamides is 1. The Hall–Kier alpha value is -3.09. The number of amides is 1. The van der Waals surface area contributed by atoms with Gasteiger partial charge in [-0.15, -0.1) is 13.2 Å². The van der Waals surface area contributed by atoms with E-state index in [-0.39, 0.29) is 26.2 Å². The number of carbonyl (C=O) groups excluding carboxylic acids is 1. The van der Waals surface area contributed by atoms with Crippen molar-refractivity contribution in [2.45, 2.75) is 11.3 Å². The summed E-state index contributed by atoms with van der Waals surface area (Å²) < 4.78 is 69.0. The molecule has 1 amide bonds. The number of benzene rings is 2. The van der Waals surface area contributed by atoms with Crippen molar-refractivity contribution in [3.05, 3.63) is 60.2 Å². The molecule has 3 rings (SSSR count). The second-order valence-corrected chi connectivity index (χ2v) is 8.66. The quantitative estimate of drug-likeness (QED) is 0.382. The molecule has 32 heavy (non-hydrogen) atoms. The van der Waals surface area contributed by atoms with Crippen molar-refractivity contribution < 1.29 is 36.3 Å². The summed E-state index contributed by atoms with van der Waals surface area (Å²) in [6, 6.07) is 11.7. The number of hydrogen-bond acceptors (Lipinski definition) is 6. The number of alkyl halides is 3. The number of carbonyl (C=O) groups is 1. The number of nitrogens with zero attached hydrogens (tertiary/aromatic N) is 2. The molecule has 0 aromatic heterocycles. The van der Waals surface area contributed by atoms with Crippen LogP contribution >= 0.6 is 0 Å². The first-order valence-corrected chi connectivity index (χ1v) is 10.9. The van der Waals surface area contributed by atoms with E-state index in [9.17, 15) is 26.4 Å². The number of hydrogen-bond donors (Lipinski definition) is 2. The van der Waals surface area contributed by atoms with Crippen molar-refractivity contribution in [1.82, 2.24) is 9.79 Å². The molecule has 1 heterocycles. The number of rotatable bonds is 6. The van der Waals surface area contributed by atoms with Gasteiger partial charge in [-0.3, -0.25) is 10.0 Å². The molecule has 2 aromatic rings. The fourth-order valence-corrected chi connectivity index (χ4v) is 4.84. The molecule has 1 saturated heterocycles. The minimum atomic E-state index is -5.02. The lowest BCUT2D eigenvalue weighted by Crippen LogP contribution is -2.49. The van der Waals surface area contributed by atoms with E-state index >= 15 is 0 Å². The van der Waals surface area contributed by atoms with Crippen LogP contribution in [0.1, 0.15) is 5.56 Å². The van der Waals surface area contributed by atoms with Crippen molar-refractivity contribution in [3.8, 4) is 5.75 Å². The molecular formula is C20H20F3N3O5S. The Morgan fingerprint density at radius 1 is 1.03 bits per heavy atom. The maximum atomic E-state index is 13.0. The van der Waals surface area contributed by atoms with Gasteiger partial charge in [-0.1, -0.05) is 30.3 Å². The third kappa shape index (κ3) is 5.58. The van der Waals surface area contributed by atoms with Gasteiger partial charge in [0.1, 0.15) is 10.6 Å². The van der Waals surface area contributed by atoms with Crippen molar-refractivity contribution >= 4 is 27.7 Å². The third-order valence-corrected chi connectivity index (χ3v) is 6.67. The fraction of sp³-hybridized carbons (Fsp3) is 0.250. The predicted octanol–water partition coefficient (Wildman–Crippen LogP) is 2.61. The number of anilines is 1. The highest BCUT2D eigenvalue weighted by molar-refractivity contribution is 7.89. The van der Waals surface area contributed by atoms with Gasteiger partial charge in [0.25, 0.3) is 5.91 Å². The Balaban J connectivity index is 1.77. The molecule has 1 aliphatic rings. The maximum absolute atomic E-state index is 13.0. The summed E-state index contributed by atoms with van der Waals surface area (Å²) in [7, 11) is -4.22.